The number of nitrogen functional groups attached to an aromatic ring is 1. The van der Waals surface area contributed by atoms with Crippen molar-refractivity contribution >= 4 is 27.4 Å². The third-order valence-corrected chi connectivity index (χ3v) is 3.43. The highest BCUT2D eigenvalue weighted by molar-refractivity contribution is 9.10. The maximum Gasteiger partial charge on any atom is 0.193 e. The number of ketones is 1. The molecule has 2 N–H and O–H groups in total. The molecule has 0 radical (unpaired) electrons. The minimum absolute atomic E-state index is 0.0162. The summed E-state index contributed by atoms with van der Waals surface area (Å²) in [6.45, 7) is 3.98. The van der Waals surface area contributed by atoms with Gasteiger partial charge in [0.1, 0.15) is 0 Å². The summed E-state index contributed by atoms with van der Waals surface area (Å²) >= 11 is 3.34. The van der Waals surface area contributed by atoms with Gasteiger partial charge in [-0.1, -0.05) is 17.2 Å². The first-order valence-corrected chi connectivity index (χ1v) is 6.44. The van der Waals surface area contributed by atoms with E-state index in [2.05, 4.69) is 22.0 Å². The van der Waals surface area contributed by atoms with Crippen LogP contribution in [-0.2, 0) is 0 Å². The second-order valence-electron chi connectivity index (χ2n) is 4.44. The van der Waals surface area contributed by atoms with Gasteiger partial charge in [-0.05, 0) is 60.1 Å². The van der Waals surface area contributed by atoms with Crippen LogP contribution in [0.3, 0.4) is 0 Å². The van der Waals surface area contributed by atoms with Crippen LogP contribution < -0.4 is 5.73 Å². The van der Waals surface area contributed by atoms with Crippen molar-refractivity contribution in [2.45, 2.75) is 13.8 Å². The number of nitrogens with two attached hydrogens (primary N) is 1. The Morgan fingerprint density at radius 1 is 1.00 bits per heavy atom. The zero-order valence-corrected chi connectivity index (χ0v) is 11.9. The average Bonchev–Trinajstić information content (AvgIpc) is 2.30. The number of aryl methyl sites for hydroxylation is 2. The van der Waals surface area contributed by atoms with E-state index < -0.39 is 0 Å². The highest BCUT2D eigenvalue weighted by Gasteiger charge is 2.11. The van der Waals surface area contributed by atoms with Crippen LogP contribution in [0.4, 0.5) is 5.69 Å². The van der Waals surface area contributed by atoms with Crippen LogP contribution in [0.15, 0.2) is 40.9 Å². The van der Waals surface area contributed by atoms with E-state index in [1.807, 2.05) is 26.0 Å². The van der Waals surface area contributed by atoms with Gasteiger partial charge in [0.2, 0.25) is 0 Å². The van der Waals surface area contributed by atoms with Gasteiger partial charge >= 0.3 is 0 Å². The van der Waals surface area contributed by atoms with Crippen molar-refractivity contribution < 1.29 is 4.79 Å². The van der Waals surface area contributed by atoms with Gasteiger partial charge in [0.05, 0.1) is 0 Å². The first kappa shape index (κ1) is 12.8. The molecule has 0 bridgehead atoms. The Balaban J connectivity index is 2.44. The summed E-state index contributed by atoms with van der Waals surface area (Å²) in [5, 5.41) is 0. The quantitative estimate of drug-likeness (QED) is 0.676. The zero-order chi connectivity index (χ0) is 13.3. The molecule has 0 spiro atoms. The van der Waals surface area contributed by atoms with E-state index in [9.17, 15) is 4.79 Å². The smallest absolute Gasteiger partial charge is 0.193 e. The van der Waals surface area contributed by atoms with Crippen LogP contribution in [0, 0.1) is 13.8 Å². The molecule has 0 aromatic heterocycles. The third kappa shape index (κ3) is 2.62. The predicted molar refractivity (Wildman–Crippen MR) is 77.9 cm³/mol. The molecule has 2 aromatic rings. The van der Waals surface area contributed by atoms with Crippen molar-refractivity contribution in [2.75, 3.05) is 5.73 Å². The van der Waals surface area contributed by atoms with Crippen LogP contribution in [0.25, 0.3) is 0 Å². The topological polar surface area (TPSA) is 43.1 Å². The fraction of sp³-hybridized carbons (Fsp3) is 0.133. The Morgan fingerprint density at radius 2 is 1.61 bits per heavy atom. The number of carbonyl (C=O) groups is 1. The van der Waals surface area contributed by atoms with Gasteiger partial charge in [0.15, 0.2) is 5.78 Å². The number of halogens is 1. The van der Waals surface area contributed by atoms with E-state index >= 15 is 0 Å². The van der Waals surface area contributed by atoms with Gasteiger partial charge in [0, 0.05) is 21.3 Å². The number of rotatable bonds is 2. The lowest BCUT2D eigenvalue weighted by Crippen LogP contribution is -2.03. The Morgan fingerprint density at radius 3 is 2.17 bits per heavy atom. The van der Waals surface area contributed by atoms with E-state index in [0.29, 0.717) is 16.8 Å². The maximum absolute atomic E-state index is 12.4. The standard InChI is InChI=1S/C15H14BrNO/c1-9-5-10(2)7-12(6-9)15(18)11-3-4-14(17)13(16)8-11/h3-8H,17H2,1-2H3. The molecule has 2 nitrogen and oxygen atoms in total. The summed E-state index contributed by atoms with van der Waals surface area (Å²) in [6, 6.07) is 11.1. The summed E-state index contributed by atoms with van der Waals surface area (Å²) in [6.07, 6.45) is 0. The Labute approximate surface area is 115 Å². The molecule has 0 saturated carbocycles. The first-order chi connectivity index (χ1) is 8.47. The third-order valence-electron chi connectivity index (χ3n) is 2.75. The number of anilines is 1. The number of hydrogen-bond donors (Lipinski definition) is 1. The molecule has 0 amide bonds. The normalized spacial score (nSPS) is 10.4. The van der Waals surface area contributed by atoms with Crippen LogP contribution in [-0.4, -0.2) is 5.78 Å². The number of benzene rings is 2. The van der Waals surface area contributed by atoms with Crippen molar-refractivity contribution in [3.63, 3.8) is 0 Å². The van der Waals surface area contributed by atoms with Gasteiger partial charge in [-0.3, -0.25) is 4.79 Å². The van der Waals surface area contributed by atoms with Gasteiger partial charge < -0.3 is 5.73 Å². The predicted octanol–water partition coefficient (Wildman–Crippen LogP) is 3.88. The molecule has 0 atom stereocenters. The molecule has 0 aliphatic carbocycles. The van der Waals surface area contributed by atoms with E-state index in [1.165, 1.54) is 0 Å². The monoisotopic (exact) mass is 303 g/mol. The maximum atomic E-state index is 12.4. The molecule has 0 aliphatic heterocycles. The summed E-state index contributed by atoms with van der Waals surface area (Å²) in [7, 11) is 0. The fourth-order valence-corrected chi connectivity index (χ4v) is 2.32. The SMILES string of the molecule is Cc1cc(C)cc(C(=O)c2ccc(N)c(Br)c2)c1. The molecule has 0 heterocycles. The second-order valence-corrected chi connectivity index (χ2v) is 5.30. The minimum atomic E-state index is 0.0162. The zero-order valence-electron chi connectivity index (χ0n) is 10.3. The fourth-order valence-electron chi connectivity index (χ4n) is 1.94. The van der Waals surface area contributed by atoms with Gasteiger partial charge in [-0.2, -0.15) is 0 Å². The lowest BCUT2D eigenvalue weighted by molar-refractivity contribution is 0.103. The first-order valence-electron chi connectivity index (χ1n) is 5.65. The summed E-state index contributed by atoms with van der Waals surface area (Å²) in [5.41, 5.74) is 9.88. The van der Waals surface area contributed by atoms with E-state index in [-0.39, 0.29) is 5.78 Å². The second kappa shape index (κ2) is 4.94. The van der Waals surface area contributed by atoms with Gasteiger partial charge in [-0.25, -0.2) is 0 Å². The lowest BCUT2D eigenvalue weighted by Gasteiger charge is -2.06. The van der Waals surface area contributed by atoms with Gasteiger partial charge in [0.25, 0.3) is 0 Å². The van der Waals surface area contributed by atoms with Crippen molar-refractivity contribution in [1.29, 1.82) is 0 Å². The van der Waals surface area contributed by atoms with Crippen molar-refractivity contribution in [3.05, 3.63) is 63.1 Å². The molecule has 0 fully saturated rings. The molecule has 2 aromatic carbocycles. The molecule has 0 unspecified atom stereocenters. The molecule has 0 aliphatic rings. The molecule has 2 rings (SSSR count). The van der Waals surface area contributed by atoms with Crippen LogP contribution in [0.5, 0.6) is 0 Å². The van der Waals surface area contributed by atoms with Crippen LogP contribution >= 0.6 is 15.9 Å². The highest BCUT2D eigenvalue weighted by atomic mass is 79.9. The summed E-state index contributed by atoms with van der Waals surface area (Å²) < 4.78 is 0.748. The Bertz CT molecular complexity index is 600. The van der Waals surface area contributed by atoms with Crippen LogP contribution in [0.2, 0.25) is 0 Å². The largest absolute Gasteiger partial charge is 0.398 e. The summed E-state index contributed by atoms with van der Waals surface area (Å²) in [4.78, 5) is 12.4. The van der Waals surface area contributed by atoms with Crippen molar-refractivity contribution in [2.24, 2.45) is 0 Å². The van der Waals surface area contributed by atoms with E-state index in [4.69, 9.17) is 5.73 Å². The molecule has 92 valence electrons. The molecule has 3 heteroatoms. The van der Waals surface area contributed by atoms with Crippen molar-refractivity contribution in [3.8, 4) is 0 Å². The summed E-state index contributed by atoms with van der Waals surface area (Å²) in [5.74, 6) is 0.0162. The van der Waals surface area contributed by atoms with Crippen LogP contribution in [0.1, 0.15) is 27.0 Å². The number of carbonyl (C=O) groups excluding carboxylic acids is 1. The van der Waals surface area contributed by atoms with E-state index in [1.54, 1.807) is 18.2 Å². The molecular formula is C15H14BrNO. The lowest BCUT2D eigenvalue weighted by atomic mass is 9.99. The Hall–Kier alpha value is -1.61. The highest BCUT2D eigenvalue weighted by Crippen LogP contribution is 2.22. The van der Waals surface area contributed by atoms with Crippen molar-refractivity contribution in [1.82, 2.24) is 0 Å². The minimum Gasteiger partial charge on any atom is -0.398 e. The molecule has 0 saturated heterocycles. The molecular weight excluding hydrogens is 290 g/mol. The van der Waals surface area contributed by atoms with Gasteiger partial charge in [-0.15, -0.1) is 0 Å². The Kier molecular flexibility index (Phi) is 3.53. The number of hydrogen-bond acceptors (Lipinski definition) is 2. The van der Waals surface area contributed by atoms with E-state index in [0.717, 1.165) is 15.6 Å². The average molecular weight is 304 g/mol. The molecule has 18 heavy (non-hydrogen) atoms.